The highest BCUT2D eigenvalue weighted by atomic mass is 16.3. The van der Waals surface area contributed by atoms with Gasteiger partial charge in [-0.15, -0.1) is 0 Å². The fourth-order valence-electron chi connectivity index (χ4n) is 6.52. The van der Waals surface area contributed by atoms with Crippen LogP contribution in [0.2, 0.25) is 0 Å². The molecule has 3 aliphatic rings. The van der Waals surface area contributed by atoms with Gasteiger partial charge in [0.15, 0.2) is 0 Å². The number of hydrogen-bond donors (Lipinski definition) is 3. The van der Waals surface area contributed by atoms with E-state index < -0.39 is 0 Å². The summed E-state index contributed by atoms with van der Waals surface area (Å²) in [4.78, 5) is 0. The lowest BCUT2D eigenvalue weighted by atomic mass is 9.49. The molecule has 0 saturated heterocycles. The zero-order valence-corrected chi connectivity index (χ0v) is 14.9. The maximum Gasteiger partial charge on any atom is 0.0543 e. The molecule has 0 aromatic heterocycles. The van der Waals surface area contributed by atoms with E-state index in [1.54, 1.807) is 0 Å². The highest BCUT2D eigenvalue weighted by Gasteiger charge is 2.56. The van der Waals surface area contributed by atoms with Crippen molar-refractivity contribution in [2.24, 2.45) is 40.2 Å². The second kappa shape index (κ2) is 6.16. The third-order valence-electron chi connectivity index (χ3n) is 8.24. The molecule has 3 nitrogen and oxygen atoms in total. The van der Waals surface area contributed by atoms with Crippen LogP contribution in [0.3, 0.4) is 0 Å². The first-order chi connectivity index (χ1) is 10.9. The number of aliphatic hydroxyl groups is 2. The minimum Gasteiger partial charge on any atom is -0.396 e. The van der Waals surface area contributed by atoms with Crippen LogP contribution in [-0.4, -0.2) is 29.5 Å². The molecule has 3 saturated carbocycles. The molecule has 3 rings (SSSR count). The average Bonchev–Trinajstić information content (AvgIpc) is 2.84. The maximum absolute atomic E-state index is 10.3. The van der Waals surface area contributed by atoms with E-state index in [1.807, 2.05) is 0 Å². The van der Waals surface area contributed by atoms with E-state index in [2.05, 4.69) is 20.4 Å². The molecule has 4 N–H and O–H groups in total. The zero-order chi connectivity index (χ0) is 16.8. The van der Waals surface area contributed by atoms with E-state index in [9.17, 15) is 10.2 Å². The molecule has 0 aliphatic heterocycles. The van der Waals surface area contributed by atoms with Gasteiger partial charge < -0.3 is 15.9 Å². The first-order valence-electron chi connectivity index (χ1n) is 9.54. The topological polar surface area (TPSA) is 66.5 Å². The number of allylic oxidation sites excluding steroid dienone is 1. The predicted molar refractivity (Wildman–Crippen MR) is 93.8 cm³/mol. The number of rotatable bonds is 3. The molecule has 3 aliphatic carbocycles. The van der Waals surface area contributed by atoms with Crippen molar-refractivity contribution in [3.63, 3.8) is 0 Å². The van der Waals surface area contributed by atoms with Gasteiger partial charge in [-0.3, -0.25) is 0 Å². The molecule has 0 bridgehead atoms. The van der Waals surface area contributed by atoms with E-state index >= 15 is 0 Å². The molecule has 3 heteroatoms. The minimum absolute atomic E-state index is 0.159. The molecule has 0 aromatic rings. The van der Waals surface area contributed by atoms with Crippen molar-refractivity contribution in [1.82, 2.24) is 0 Å². The van der Waals surface area contributed by atoms with Crippen LogP contribution >= 0.6 is 0 Å². The molecular formula is C20H35NO2. The van der Waals surface area contributed by atoms with E-state index in [0.717, 1.165) is 25.7 Å². The van der Waals surface area contributed by atoms with E-state index in [1.165, 1.54) is 24.8 Å². The molecular weight excluding hydrogens is 286 g/mol. The van der Waals surface area contributed by atoms with Gasteiger partial charge in [-0.05, 0) is 86.0 Å². The Balaban J connectivity index is 1.89. The largest absolute Gasteiger partial charge is 0.396 e. The normalized spacial score (nSPS) is 50.8. The zero-order valence-electron chi connectivity index (χ0n) is 14.9. The summed E-state index contributed by atoms with van der Waals surface area (Å²) in [5.41, 5.74) is 7.89. The lowest BCUT2D eigenvalue weighted by Gasteiger charge is -2.56. The van der Waals surface area contributed by atoms with Crippen molar-refractivity contribution in [3.05, 3.63) is 12.2 Å². The van der Waals surface area contributed by atoms with Gasteiger partial charge in [0.25, 0.3) is 0 Å². The van der Waals surface area contributed by atoms with Crippen LogP contribution in [0.5, 0.6) is 0 Å². The lowest BCUT2D eigenvalue weighted by Crippen LogP contribution is -2.52. The summed E-state index contributed by atoms with van der Waals surface area (Å²) >= 11 is 0. The van der Waals surface area contributed by atoms with Crippen molar-refractivity contribution in [2.45, 2.75) is 64.9 Å². The molecule has 7 atom stereocenters. The van der Waals surface area contributed by atoms with Crippen molar-refractivity contribution < 1.29 is 10.2 Å². The minimum atomic E-state index is -0.190. The molecule has 0 spiro atoms. The van der Waals surface area contributed by atoms with Crippen molar-refractivity contribution in [2.75, 3.05) is 13.2 Å². The Labute approximate surface area is 141 Å². The van der Waals surface area contributed by atoms with Gasteiger partial charge in [0, 0.05) is 6.61 Å². The SMILES string of the molecule is C=C1CCC2[C@@H](CO)C([C@@]3(C)CC[C@H](O)C[C@@H]3CN)CC[C@@]12C. The molecule has 3 fully saturated rings. The van der Waals surface area contributed by atoms with Gasteiger partial charge in [0.2, 0.25) is 0 Å². The molecule has 23 heavy (non-hydrogen) atoms. The van der Waals surface area contributed by atoms with Crippen molar-refractivity contribution in [3.8, 4) is 0 Å². The fourth-order valence-corrected chi connectivity index (χ4v) is 6.52. The molecule has 0 amide bonds. The van der Waals surface area contributed by atoms with Gasteiger partial charge in [0.1, 0.15) is 0 Å². The summed E-state index contributed by atoms with van der Waals surface area (Å²) in [6.07, 6.45) is 7.24. The molecule has 0 aromatic carbocycles. The highest BCUT2D eigenvalue weighted by molar-refractivity contribution is 5.20. The number of fused-ring (bicyclic) bond motifs is 1. The van der Waals surface area contributed by atoms with E-state index in [-0.39, 0.29) is 23.5 Å². The molecule has 0 radical (unpaired) electrons. The Hall–Kier alpha value is -0.380. The van der Waals surface area contributed by atoms with Gasteiger partial charge >= 0.3 is 0 Å². The fraction of sp³-hybridized carbons (Fsp3) is 0.900. The van der Waals surface area contributed by atoms with Gasteiger partial charge in [-0.25, -0.2) is 0 Å². The van der Waals surface area contributed by atoms with Crippen LogP contribution in [0, 0.1) is 34.5 Å². The maximum atomic E-state index is 10.3. The van der Waals surface area contributed by atoms with Gasteiger partial charge in [0.05, 0.1) is 6.10 Å². The molecule has 132 valence electrons. The summed E-state index contributed by atoms with van der Waals surface area (Å²) in [6.45, 7) is 10.0. The second-order valence-electron chi connectivity index (χ2n) is 9.02. The van der Waals surface area contributed by atoms with Crippen LogP contribution < -0.4 is 5.73 Å². The summed E-state index contributed by atoms with van der Waals surface area (Å²) in [6, 6.07) is 0. The quantitative estimate of drug-likeness (QED) is 0.700. The first-order valence-corrected chi connectivity index (χ1v) is 9.54. The third-order valence-corrected chi connectivity index (χ3v) is 8.24. The third kappa shape index (κ3) is 2.60. The van der Waals surface area contributed by atoms with Crippen molar-refractivity contribution in [1.29, 1.82) is 0 Å². The predicted octanol–water partition coefficient (Wildman–Crippen LogP) is 3.10. The standard InChI is InChI=1S/C20H35NO2/c1-13-4-5-17-16(12-22)18(7-9-19(13,17)2)20(3)8-6-15(23)10-14(20)11-21/h14-18,22-23H,1,4-12,21H2,2-3H3/t14-,15+,16-,17?,18?,19+,20+/m1/s1. The summed E-state index contributed by atoms with van der Waals surface area (Å²) < 4.78 is 0. The van der Waals surface area contributed by atoms with Gasteiger partial charge in [-0.2, -0.15) is 0 Å². The molecule has 2 unspecified atom stereocenters. The summed E-state index contributed by atoms with van der Waals surface area (Å²) in [7, 11) is 0. The summed E-state index contributed by atoms with van der Waals surface area (Å²) in [5, 5.41) is 20.3. The Bertz CT molecular complexity index is 465. The van der Waals surface area contributed by atoms with Crippen molar-refractivity contribution >= 4 is 0 Å². The second-order valence-corrected chi connectivity index (χ2v) is 9.02. The average molecular weight is 322 g/mol. The van der Waals surface area contributed by atoms with Crippen LogP contribution in [0.25, 0.3) is 0 Å². The Morgan fingerprint density at radius 2 is 1.91 bits per heavy atom. The smallest absolute Gasteiger partial charge is 0.0543 e. The summed E-state index contributed by atoms with van der Waals surface area (Å²) in [5.74, 6) is 1.83. The van der Waals surface area contributed by atoms with Crippen LogP contribution in [0.15, 0.2) is 12.2 Å². The monoisotopic (exact) mass is 321 g/mol. The Morgan fingerprint density at radius 3 is 2.57 bits per heavy atom. The van der Waals surface area contributed by atoms with Crippen LogP contribution in [-0.2, 0) is 0 Å². The number of aliphatic hydroxyl groups excluding tert-OH is 2. The first kappa shape index (κ1) is 17.4. The van der Waals surface area contributed by atoms with Gasteiger partial charge in [-0.1, -0.05) is 26.0 Å². The lowest BCUT2D eigenvalue weighted by molar-refractivity contribution is -0.0913. The van der Waals surface area contributed by atoms with E-state index in [0.29, 0.717) is 30.2 Å². The van der Waals surface area contributed by atoms with Crippen LogP contribution in [0.1, 0.15) is 58.8 Å². The van der Waals surface area contributed by atoms with Crippen LogP contribution in [0.4, 0.5) is 0 Å². The number of hydrogen-bond acceptors (Lipinski definition) is 3. The highest BCUT2D eigenvalue weighted by Crippen LogP contribution is 2.63. The van der Waals surface area contributed by atoms with E-state index in [4.69, 9.17) is 5.73 Å². The number of nitrogens with two attached hydrogens (primary N) is 1. The Morgan fingerprint density at radius 1 is 1.17 bits per heavy atom. The molecule has 0 heterocycles. The Kier molecular flexibility index (Phi) is 4.67.